The molecular weight excluding hydrogens is 182 g/mol. The zero-order valence-electron chi connectivity index (χ0n) is 8.39. The molecule has 1 atom stereocenters. The first-order valence-electron chi connectivity index (χ1n) is 4.27. The molecule has 0 aromatic carbocycles. The molecular formula is C9H15N3O2. The first-order chi connectivity index (χ1) is 6.61. The van der Waals surface area contributed by atoms with Crippen LogP contribution in [0.5, 0.6) is 0 Å². The van der Waals surface area contributed by atoms with Gasteiger partial charge in [0.25, 0.3) is 0 Å². The molecule has 0 spiro atoms. The number of carbonyl (C=O) groups is 2. The highest BCUT2D eigenvalue weighted by Gasteiger charge is 2.11. The van der Waals surface area contributed by atoms with Crippen LogP contribution in [0.15, 0.2) is 0 Å². The van der Waals surface area contributed by atoms with E-state index in [0.717, 1.165) is 0 Å². The van der Waals surface area contributed by atoms with Crippen LogP contribution in [-0.4, -0.2) is 38.0 Å². The maximum Gasteiger partial charge on any atom is 0.237 e. The molecule has 0 aliphatic carbocycles. The predicted molar refractivity (Wildman–Crippen MR) is 53.4 cm³/mol. The van der Waals surface area contributed by atoms with Crippen LogP contribution in [0.25, 0.3) is 0 Å². The Morgan fingerprint density at radius 3 is 2.64 bits per heavy atom. The van der Waals surface area contributed by atoms with Gasteiger partial charge in [0.1, 0.15) is 0 Å². The molecule has 3 N–H and O–H groups in total. The van der Waals surface area contributed by atoms with E-state index >= 15 is 0 Å². The van der Waals surface area contributed by atoms with Gasteiger partial charge in [0.2, 0.25) is 11.8 Å². The molecule has 5 nitrogen and oxygen atoms in total. The summed E-state index contributed by atoms with van der Waals surface area (Å²) >= 11 is 0. The lowest BCUT2D eigenvalue weighted by atomic mass is 10.3. The minimum Gasteiger partial charge on any atom is -0.358 e. The third kappa shape index (κ3) is 5.17. The summed E-state index contributed by atoms with van der Waals surface area (Å²) in [5.74, 6) is 1.91. The van der Waals surface area contributed by atoms with Gasteiger partial charge >= 0.3 is 0 Å². The van der Waals surface area contributed by atoms with Crippen molar-refractivity contribution in [1.82, 2.24) is 16.0 Å². The fourth-order valence-corrected chi connectivity index (χ4v) is 0.718. The van der Waals surface area contributed by atoms with Gasteiger partial charge in [-0.2, -0.15) is 0 Å². The van der Waals surface area contributed by atoms with Crippen LogP contribution in [0.1, 0.15) is 6.92 Å². The van der Waals surface area contributed by atoms with Crippen LogP contribution in [0.4, 0.5) is 0 Å². The van der Waals surface area contributed by atoms with Crippen LogP contribution in [0, 0.1) is 12.3 Å². The Labute approximate surface area is 83.6 Å². The van der Waals surface area contributed by atoms with Crippen molar-refractivity contribution in [1.29, 1.82) is 0 Å². The van der Waals surface area contributed by atoms with Crippen molar-refractivity contribution < 1.29 is 9.59 Å². The summed E-state index contributed by atoms with van der Waals surface area (Å²) in [6.45, 7) is 1.97. The van der Waals surface area contributed by atoms with Gasteiger partial charge < -0.3 is 10.6 Å². The van der Waals surface area contributed by atoms with E-state index in [1.54, 1.807) is 6.92 Å². The standard InChI is InChI=1S/C9H15N3O2/c1-4-5-11-9(14)7(2)12-6-8(13)10-3/h1,7,12H,5-6H2,2-3H3,(H,10,13)(H,11,14). The average Bonchev–Trinajstić information content (AvgIpc) is 2.21. The fourth-order valence-electron chi connectivity index (χ4n) is 0.718. The van der Waals surface area contributed by atoms with Crippen LogP contribution >= 0.6 is 0 Å². The van der Waals surface area contributed by atoms with Gasteiger partial charge in [0.15, 0.2) is 0 Å². The van der Waals surface area contributed by atoms with E-state index in [2.05, 4.69) is 21.9 Å². The second-order valence-corrected chi connectivity index (χ2v) is 2.70. The van der Waals surface area contributed by atoms with Crippen LogP contribution in [0.3, 0.4) is 0 Å². The Balaban J connectivity index is 3.73. The molecule has 0 aliphatic rings. The highest BCUT2D eigenvalue weighted by molar-refractivity contribution is 5.83. The zero-order valence-corrected chi connectivity index (χ0v) is 8.39. The topological polar surface area (TPSA) is 70.2 Å². The lowest BCUT2D eigenvalue weighted by Crippen LogP contribution is -2.45. The van der Waals surface area contributed by atoms with Gasteiger partial charge in [0.05, 0.1) is 19.1 Å². The Morgan fingerprint density at radius 2 is 2.14 bits per heavy atom. The number of hydrogen-bond acceptors (Lipinski definition) is 3. The zero-order chi connectivity index (χ0) is 11.0. The third-order valence-electron chi connectivity index (χ3n) is 1.61. The summed E-state index contributed by atoms with van der Waals surface area (Å²) < 4.78 is 0. The SMILES string of the molecule is C#CCNC(=O)C(C)NCC(=O)NC. The van der Waals surface area contributed by atoms with Crippen LogP contribution in [-0.2, 0) is 9.59 Å². The van der Waals surface area contributed by atoms with E-state index in [9.17, 15) is 9.59 Å². The number of likely N-dealkylation sites (N-methyl/N-ethyl adjacent to an activating group) is 1. The molecule has 0 aliphatic heterocycles. The molecule has 78 valence electrons. The molecule has 0 bridgehead atoms. The van der Waals surface area contributed by atoms with E-state index in [-0.39, 0.29) is 24.9 Å². The second-order valence-electron chi connectivity index (χ2n) is 2.70. The molecule has 0 saturated heterocycles. The molecule has 0 aromatic heterocycles. The quantitative estimate of drug-likeness (QED) is 0.468. The summed E-state index contributed by atoms with van der Waals surface area (Å²) in [5, 5.41) is 7.69. The normalized spacial score (nSPS) is 11.2. The number of hydrogen-bond donors (Lipinski definition) is 3. The third-order valence-corrected chi connectivity index (χ3v) is 1.61. The Hall–Kier alpha value is -1.54. The van der Waals surface area contributed by atoms with Gasteiger partial charge in [-0.05, 0) is 6.92 Å². The molecule has 0 radical (unpaired) electrons. The average molecular weight is 197 g/mol. The lowest BCUT2D eigenvalue weighted by molar-refractivity contribution is -0.123. The van der Waals surface area contributed by atoms with E-state index in [0.29, 0.717) is 0 Å². The number of terminal acetylenes is 1. The molecule has 0 saturated carbocycles. The summed E-state index contributed by atoms with van der Waals surface area (Å²) in [4.78, 5) is 22.0. The highest BCUT2D eigenvalue weighted by Crippen LogP contribution is 1.80. The Bertz CT molecular complexity index is 245. The van der Waals surface area contributed by atoms with E-state index in [1.165, 1.54) is 7.05 Å². The molecule has 1 unspecified atom stereocenters. The number of rotatable bonds is 5. The van der Waals surface area contributed by atoms with Gasteiger partial charge in [-0.25, -0.2) is 0 Å². The first-order valence-corrected chi connectivity index (χ1v) is 4.27. The summed E-state index contributed by atoms with van der Waals surface area (Å²) in [7, 11) is 1.53. The van der Waals surface area contributed by atoms with Crippen molar-refractivity contribution in [3.63, 3.8) is 0 Å². The largest absolute Gasteiger partial charge is 0.358 e. The summed E-state index contributed by atoms with van der Waals surface area (Å²) in [6.07, 6.45) is 4.97. The maximum absolute atomic E-state index is 11.2. The molecule has 0 rings (SSSR count). The van der Waals surface area contributed by atoms with Crippen molar-refractivity contribution in [2.24, 2.45) is 0 Å². The van der Waals surface area contributed by atoms with E-state index in [1.807, 2.05) is 0 Å². The minimum atomic E-state index is -0.430. The Morgan fingerprint density at radius 1 is 1.50 bits per heavy atom. The summed E-state index contributed by atoms with van der Waals surface area (Å²) in [5.41, 5.74) is 0. The predicted octanol–water partition coefficient (Wildman–Crippen LogP) is -1.54. The monoisotopic (exact) mass is 197 g/mol. The van der Waals surface area contributed by atoms with E-state index < -0.39 is 6.04 Å². The van der Waals surface area contributed by atoms with Gasteiger partial charge in [-0.1, -0.05) is 5.92 Å². The van der Waals surface area contributed by atoms with Crippen molar-refractivity contribution in [2.75, 3.05) is 20.1 Å². The van der Waals surface area contributed by atoms with Gasteiger partial charge in [0, 0.05) is 7.05 Å². The van der Waals surface area contributed by atoms with Crippen molar-refractivity contribution in [2.45, 2.75) is 13.0 Å². The second kappa shape index (κ2) is 6.92. The van der Waals surface area contributed by atoms with Gasteiger partial charge in [-0.3, -0.25) is 14.9 Å². The van der Waals surface area contributed by atoms with Gasteiger partial charge in [-0.15, -0.1) is 6.42 Å². The van der Waals surface area contributed by atoms with Crippen LogP contribution in [0.2, 0.25) is 0 Å². The molecule has 14 heavy (non-hydrogen) atoms. The Kier molecular flexibility index (Phi) is 6.16. The minimum absolute atomic E-state index is 0.112. The summed E-state index contributed by atoms with van der Waals surface area (Å²) in [6, 6.07) is -0.430. The molecule has 2 amide bonds. The van der Waals surface area contributed by atoms with Crippen molar-refractivity contribution in [3.8, 4) is 12.3 Å². The maximum atomic E-state index is 11.2. The number of carbonyl (C=O) groups excluding carboxylic acids is 2. The number of amides is 2. The highest BCUT2D eigenvalue weighted by atomic mass is 16.2. The molecule has 0 fully saturated rings. The van der Waals surface area contributed by atoms with Crippen LogP contribution < -0.4 is 16.0 Å². The van der Waals surface area contributed by atoms with Crippen molar-refractivity contribution in [3.05, 3.63) is 0 Å². The van der Waals surface area contributed by atoms with Crippen molar-refractivity contribution >= 4 is 11.8 Å². The molecule has 5 heteroatoms. The smallest absolute Gasteiger partial charge is 0.237 e. The van der Waals surface area contributed by atoms with E-state index in [4.69, 9.17) is 6.42 Å². The first kappa shape index (κ1) is 12.5. The number of nitrogens with one attached hydrogen (secondary N) is 3. The fraction of sp³-hybridized carbons (Fsp3) is 0.556. The molecule has 0 aromatic rings. The lowest BCUT2D eigenvalue weighted by Gasteiger charge is -2.11. The molecule has 0 heterocycles.